The quantitative estimate of drug-likeness (QED) is 0.377. The van der Waals surface area contributed by atoms with Gasteiger partial charge in [-0.05, 0) is 36.6 Å². The van der Waals surface area contributed by atoms with Crippen molar-refractivity contribution in [2.75, 3.05) is 13.7 Å². The van der Waals surface area contributed by atoms with E-state index in [1.165, 1.54) is 32.2 Å². The van der Waals surface area contributed by atoms with Gasteiger partial charge in [0.2, 0.25) is 0 Å². The van der Waals surface area contributed by atoms with Crippen LogP contribution in [0.1, 0.15) is 26.3 Å². The van der Waals surface area contributed by atoms with Crippen molar-refractivity contribution >= 4 is 17.8 Å². The summed E-state index contributed by atoms with van der Waals surface area (Å²) in [5.41, 5.74) is 0.528. The summed E-state index contributed by atoms with van der Waals surface area (Å²) in [7, 11) is 1.42. The molecular formula is C16H20O5. The van der Waals surface area contributed by atoms with Crippen LogP contribution < -0.4 is 4.74 Å². The standard InChI is InChI=1S/C16H20O5/c1-10(2)9-21-16(19)13(11(3)17)7-12-5-6-14(18)15(8-12)20-4/h5-8,10,18H,9H2,1-4H3. The Kier molecular flexibility index (Phi) is 5.96. The van der Waals surface area contributed by atoms with Crippen molar-refractivity contribution in [3.05, 3.63) is 29.3 Å². The monoisotopic (exact) mass is 292 g/mol. The number of rotatable bonds is 6. The van der Waals surface area contributed by atoms with Gasteiger partial charge in [-0.15, -0.1) is 0 Å². The van der Waals surface area contributed by atoms with Crippen LogP contribution in [0.15, 0.2) is 23.8 Å². The van der Waals surface area contributed by atoms with Gasteiger partial charge in [0, 0.05) is 0 Å². The van der Waals surface area contributed by atoms with Gasteiger partial charge in [-0.25, -0.2) is 4.79 Å². The SMILES string of the molecule is COc1cc(C=C(C(C)=O)C(=O)OCC(C)C)ccc1O. The van der Waals surface area contributed by atoms with Gasteiger partial charge in [-0.2, -0.15) is 0 Å². The predicted octanol–water partition coefficient (Wildman–Crippen LogP) is 2.57. The zero-order valence-corrected chi connectivity index (χ0v) is 12.7. The van der Waals surface area contributed by atoms with Crippen molar-refractivity contribution in [3.8, 4) is 11.5 Å². The molecule has 21 heavy (non-hydrogen) atoms. The molecule has 0 saturated carbocycles. The van der Waals surface area contributed by atoms with E-state index in [1.807, 2.05) is 13.8 Å². The highest BCUT2D eigenvalue weighted by atomic mass is 16.5. The fraction of sp³-hybridized carbons (Fsp3) is 0.375. The molecule has 0 radical (unpaired) electrons. The normalized spacial score (nSPS) is 11.4. The Labute approximate surface area is 124 Å². The number of phenolic OH excluding ortho intramolecular Hbond substituents is 1. The van der Waals surface area contributed by atoms with E-state index in [1.54, 1.807) is 6.07 Å². The molecule has 0 atom stereocenters. The topological polar surface area (TPSA) is 72.8 Å². The average molecular weight is 292 g/mol. The van der Waals surface area contributed by atoms with Gasteiger partial charge < -0.3 is 14.6 Å². The van der Waals surface area contributed by atoms with Crippen LogP contribution in [0.3, 0.4) is 0 Å². The van der Waals surface area contributed by atoms with E-state index in [0.29, 0.717) is 5.56 Å². The maximum absolute atomic E-state index is 11.9. The maximum atomic E-state index is 11.9. The molecule has 0 amide bonds. The lowest BCUT2D eigenvalue weighted by atomic mass is 10.1. The third-order valence-corrected chi connectivity index (χ3v) is 2.66. The van der Waals surface area contributed by atoms with E-state index in [0.717, 1.165) is 0 Å². The van der Waals surface area contributed by atoms with Gasteiger partial charge in [0.15, 0.2) is 17.3 Å². The summed E-state index contributed by atoms with van der Waals surface area (Å²) in [6.45, 7) is 5.38. The molecule has 114 valence electrons. The number of hydrogen-bond acceptors (Lipinski definition) is 5. The van der Waals surface area contributed by atoms with Gasteiger partial charge in [0.25, 0.3) is 0 Å². The first-order chi connectivity index (χ1) is 9.85. The number of Topliss-reactive ketones (excluding diaryl/α,β-unsaturated/α-hetero) is 1. The number of carbonyl (C=O) groups is 2. The summed E-state index contributed by atoms with van der Waals surface area (Å²) in [5.74, 6) is -0.585. The molecule has 1 aromatic carbocycles. The minimum atomic E-state index is -0.650. The number of methoxy groups -OCH3 is 1. The third kappa shape index (κ3) is 4.95. The number of benzene rings is 1. The minimum Gasteiger partial charge on any atom is -0.504 e. The van der Waals surface area contributed by atoms with Gasteiger partial charge in [0.1, 0.15) is 5.57 Å². The first-order valence-corrected chi connectivity index (χ1v) is 6.62. The first kappa shape index (κ1) is 16.8. The third-order valence-electron chi connectivity index (χ3n) is 2.66. The van der Waals surface area contributed by atoms with Crippen molar-refractivity contribution in [2.45, 2.75) is 20.8 Å². The number of ether oxygens (including phenoxy) is 2. The molecule has 1 rings (SSSR count). The second-order valence-electron chi connectivity index (χ2n) is 5.04. The Morgan fingerprint density at radius 3 is 2.52 bits per heavy atom. The van der Waals surface area contributed by atoms with Crippen LogP contribution in [-0.4, -0.2) is 30.6 Å². The fourth-order valence-electron chi connectivity index (χ4n) is 1.58. The summed E-state index contributed by atoms with van der Waals surface area (Å²) in [4.78, 5) is 23.5. The van der Waals surface area contributed by atoms with Crippen LogP contribution in [-0.2, 0) is 14.3 Å². The Morgan fingerprint density at radius 2 is 2.00 bits per heavy atom. The molecular weight excluding hydrogens is 272 g/mol. The molecule has 0 spiro atoms. The summed E-state index contributed by atoms with van der Waals surface area (Å²) < 4.78 is 10.1. The van der Waals surface area contributed by atoms with Gasteiger partial charge >= 0.3 is 5.97 Å². The molecule has 0 aliphatic heterocycles. The van der Waals surface area contributed by atoms with Crippen molar-refractivity contribution in [2.24, 2.45) is 5.92 Å². The number of phenols is 1. The van der Waals surface area contributed by atoms with Gasteiger partial charge in [0.05, 0.1) is 13.7 Å². The average Bonchev–Trinajstić information content (AvgIpc) is 2.43. The smallest absolute Gasteiger partial charge is 0.341 e. The molecule has 0 fully saturated rings. The molecule has 0 aromatic heterocycles. The maximum Gasteiger partial charge on any atom is 0.341 e. The van der Waals surface area contributed by atoms with Crippen molar-refractivity contribution in [1.29, 1.82) is 0 Å². The number of hydrogen-bond donors (Lipinski definition) is 1. The van der Waals surface area contributed by atoms with Gasteiger partial charge in [-0.3, -0.25) is 4.79 Å². The molecule has 1 aromatic rings. The molecule has 0 bridgehead atoms. The lowest BCUT2D eigenvalue weighted by molar-refractivity contribution is -0.141. The highest BCUT2D eigenvalue weighted by molar-refractivity contribution is 6.19. The Balaban J connectivity index is 3.05. The Morgan fingerprint density at radius 1 is 1.33 bits per heavy atom. The second-order valence-corrected chi connectivity index (χ2v) is 5.04. The van der Waals surface area contributed by atoms with Crippen LogP contribution in [0, 0.1) is 5.92 Å². The van der Waals surface area contributed by atoms with E-state index in [4.69, 9.17) is 9.47 Å². The first-order valence-electron chi connectivity index (χ1n) is 6.62. The molecule has 5 heteroatoms. The summed E-state index contributed by atoms with van der Waals surface area (Å²) >= 11 is 0. The predicted molar refractivity (Wildman–Crippen MR) is 79.1 cm³/mol. The van der Waals surface area contributed by atoms with E-state index >= 15 is 0 Å². The van der Waals surface area contributed by atoms with E-state index in [9.17, 15) is 14.7 Å². The summed E-state index contributed by atoms with van der Waals surface area (Å²) in [6, 6.07) is 4.55. The molecule has 0 aliphatic carbocycles. The highest BCUT2D eigenvalue weighted by Gasteiger charge is 2.17. The van der Waals surface area contributed by atoms with Crippen LogP contribution in [0.4, 0.5) is 0 Å². The highest BCUT2D eigenvalue weighted by Crippen LogP contribution is 2.27. The molecule has 0 aliphatic rings. The van der Waals surface area contributed by atoms with E-state index in [-0.39, 0.29) is 35.4 Å². The number of esters is 1. The van der Waals surface area contributed by atoms with Gasteiger partial charge in [-0.1, -0.05) is 19.9 Å². The number of ketones is 1. The van der Waals surface area contributed by atoms with E-state index < -0.39 is 5.97 Å². The van der Waals surface area contributed by atoms with Crippen LogP contribution >= 0.6 is 0 Å². The minimum absolute atomic E-state index is 0.0126. The second kappa shape index (κ2) is 7.47. The van der Waals surface area contributed by atoms with Crippen LogP contribution in [0.5, 0.6) is 11.5 Å². The molecule has 5 nitrogen and oxygen atoms in total. The molecule has 0 unspecified atom stereocenters. The summed E-state index contributed by atoms with van der Waals surface area (Å²) in [5, 5.41) is 9.53. The summed E-state index contributed by atoms with van der Waals surface area (Å²) in [6.07, 6.45) is 1.42. The van der Waals surface area contributed by atoms with Crippen molar-refractivity contribution in [3.63, 3.8) is 0 Å². The Hall–Kier alpha value is -2.30. The molecule has 0 heterocycles. The zero-order chi connectivity index (χ0) is 16.0. The largest absolute Gasteiger partial charge is 0.504 e. The van der Waals surface area contributed by atoms with Crippen LogP contribution in [0.2, 0.25) is 0 Å². The fourth-order valence-corrected chi connectivity index (χ4v) is 1.58. The lowest BCUT2D eigenvalue weighted by Crippen LogP contribution is -2.16. The molecule has 1 N–H and O–H groups in total. The zero-order valence-electron chi connectivity index (χ0n) is 12.7. The molecule has 0 saturated heterocycles. The number of carbonyl (C=O) groups excluding carboxylic acids is 2. The van der Waals surface area contributed by atoms with E-state index in [2.05, 4.69) is 0 Å². The lowest BCUT2D eigenvalue weighted by Gasteiger charge is -2.09. The number of aromatic hydroxyl groups is 1. The van der Waals surface area contributed by atoms with Crippen molar-refractivity contribution in [1.82, 2.24) is 0 Å². The van der Waals surface area contributed by atoms with Crippen LogP contribution in [0.25, 0.3) is 6.08 Å². The Bertz CT molecular complexity index is 558. The van der Waals surface area contributed by atoms with Crippen molar-refractivity contribution < 1.29 is 24.2 Å².